The van der Waals surface area contributed by atoms with Gasteiger partial charge >= 0.3 is 18.0 Å². The maximum atomic E-state index is 11.5. The van der Waals surface area contributed by atoms with Crippen molar-refractivity contribution in [3.05, 3.63) is 35.4 Å². The van der Waals surface area contributed by atoms with Gasteiger partial charge in [0.25, 0.3) is 0 Å². The Bertz CT molecular complexity index is 530. The molecule has 0 bridgehead atoms. The number of nitrogens with one attached hydrogen (secondary N) is 2. The van der Waals surface area contributed by atoms with Crippen molar-refractivity contribution in [3.63, 3.8) is 0 Å². The lowest BCUT2D eigenvalue weighted by Gasteiger charge is -2.13. The van der Waals surface area contributed by atoms with Crippen molar-refractivity contribution in [2.75, 3.05) is 6.54 Å². The topological polar surface area (TPSA) is 116 Å². The third kappa shape index (κ3) is 6.42. The summed E-state index contributed by atoms with van der Waals surface area (Å²) in [6.07, 6.45) is -0.0631. The zero-order valence-electron chi connectivity index (χ0n) is 11.6. The second-order valence-electron chi connectivity index (χ2n) is 4.63. The van der Waals surface area contributed by atoms with Gasteiger partial charge in [-0.2, -0.15) is 0 Å². The largest absolute Gasteiger partial charge is 0.481 e. The zero-order chi connectivity index (χ0) is 15.8. The van der Waals surface area contributed by atoms with Crippen LogP contribution in [0.2, 0.25) is 0 Å². The second-order valence-corrected chi connectivity index (χ2v) is 4.63. The Morgan fingerprint density at radius 3 is 2.52 bits per heavy atom. The van der Waals surface area contributed by atoms with Gasteiger partial charge in [-0.05, 0) is 18.9 Å². The van der Waals surface area contributed by atoms with Gasteiger partial charge in [0.05, 0.1) is 6.42 Å². The molecule has 4 N–H and O–H groups in total. The van der Waals surface area contributed by atoms with Crippen LogP contribution < -0.4 is 10.6 Å². The summed E-state index contributed by atoms with van der Waals surface area (Å²) in [5.41, 5.74) is 2.17. The van der Waals surface area contributed by atoms with Crippen LogP contribution in [0, 0.1) is 6.92 Å². The third-order valence-electron chi connectivity index (χ3n) is 2.76. The van der Waals surface area contributed by atoms with Crippen molar-refractivity contribution in [1.82, 2.24) is 10.6 Å². The van der Waals surface area contributed by atoms with Crippen molar-refractivity contribution in [2.24, 2.45) is 0 Å². The van der Waals surface area contributed by atoms with Gasteiger partial charge in [-0.25, -0.2) is 9.59 Å². The predicted octanol–water partition coefficient (Wildman–Crippen LogP) is 0.765. The summed E-state index contributed by atoms with van der Waals surface area (Å²) in [7, 11) is 0. The quantitative estimate of drug-likeness (QED) is 0.592. The number of urea groups is 1. The highest BCUT2D eigenvalue weighted by molar-refractivity contribution is 5.86. The minimum Gasteiger partial charge on any atom is -0.481 e. The van der Waals surface area contributed by atoms with Gasteiger partial charge in [-0.3, -0.25) is 4.79 Å². The minimum absolute atomic E-state index is 0.328. The molecular weight excluding hydrogens is 276 g/mol. The Morgan fingerprint density at radius 1 is 1.24 bits per heavy atom. The molecule has 1 aromatic carbocycles. The Labute approximate surface area is 122 Å². The number of carboxylic acid groups (broad SMARTS) is 2. The average molecular weight is 294 g/mol. The van der Waals surface area contributed by atoms with Crippen LogP contribution in [-0.4, -0.2) is 40.8 Å². The van der Waals surface area contributed by atoms with Crippen LogP contribution >= 0.6 is 0 Å². The summed E-state index contributed by atoms with van der Waals surface area (Å²) >= 11 is 0. The fourth-order valence-electron chi connectivity index (χ4n) is 1.77. The van der Waals surface area contributed by atoms with Gasteiger partial charge in [0.1, 0.15) is 6.04 Å². The van der Waals surface area contributed by atoms with E-state index < -0.39 is 30.4 Å². The summed E-state index contributed by atoms with van der Waals surface area (Å²) in [5, 5.41) is 22.0. The van der Waals surface area contributed by atoms with Gasteiger partial charge in [0, 0.05) is 6.54 Å². The number of carbonyl (C=O) groups excluding carboxylic acids is 1. The molecule has 7 heteroatoms. The van der Waals surface area contributed by atoms with E-state index >= 15 is 0 Å². The fraction of sp³-hybridized carbons (Fsp3) is 0.357. The summed E-state index contributed by atoms with van der Waals surface area (Å²) in [5.74, 6) is -2.67. The monoisotopic (exact) mass is 294 g/mol. The van der Waals surface area contributed by atoms with Crippen LogP contribution in [0.15, 0.2) is 24.3 Å². The number of benzene rings is 1. The van der Waals surface area contributed by atoms with E-state index in [0.717, 1.165) is 11.1 Å². The number of aliphatic carboxylic acids is 2. The molecular formula is C14H18N2O5. The van der Waals surface area contributed by atoms with Crippen LogP contribution in [0.25, 0.3) is 0 Å². The molecule has 21 heavy (non-hydrogen) atoms. The smallest absolute Gasteiger partial charge is 0.326 e. The highest BCUT2D eigenvalue weighted by atomic mass is 16.4. The van der Waals surface area contributed by atoms with Crippen LogP contribution in [0.5, 0.6) is 0 Å². The lowest BCUT2D eigenvalue weighted by atomic mass is 10.1. The second kappa shape index (κ2) is 7.88. The van der Waals surface area contributed by atoms with Gasteiger partial charge in [-0.1, -0.05) is 29.8 Å². The van der Waals surface area contributed by atoms with Crippen LogP contribution in [-0.2, 0) is 16.0 Å². The predicted molar refractivity (Wildman–Crippen MR) is 75.1 cm³/mol. The van der Waals surface area contributed by atoms with E-state index in [9.17, 15) is 14.4 Å². The number of hydrogen-bond acceptors (Lipinski definition) is 3. The Morgan fingerprint density at radius 2 is 1.95 bits per heavy atom. The number of carboxylic acids is 2. The van der Waals surface area contributed by atoms with Crippen LogP contribution in [0.3, 0.4) is 0 Å². The van der Waals surface area contributed by atoms with Gasteiger partial charge in [0.15, 0.2) is 0 Å². The van der Waals surface area contributed by atoms with E-state index in [2.05, 4.69) is 10.6 Å². The molecule has 2 amide bonds. The third-order valence-corrected chi connectivity index (χ3v) is 2.76. The SMILES string of the molecule is Cc1cccc(CCNC(=O)N[C@@H](CC(=O)O)C(=O)O)c1. The molecule has 0 radical (unpaired) electrons. The van der Waals surface area contributed by atoms with E-state index in [-0.39, 0.29) is 0 Å². The molecule has 0 aliphatic heterocycles. The first kappa shape index (κ1) is 16.5. The molecule has 0 fully saturated rings. The molecule has 0 unspecified atom stereocenters. The van der Waals surface area contributed by atoms with Crippen molar-refractivity contribution >= 4 is 18.0 Å². The first-order chi connectivity index (χ1) is 9.88. The molecule has 1 rings (SSSR count). The standard InChI is InChI=1S/C14H18N2O5/c1-9-3-2-4-10(7-9)5-6-15-14(21)16-11(13(19)20)8-12(17)18/h2-4,7,11H,5-6,8H2,1H3,(H,17,18)(H,19,20)(H2,15,16,21)/t11-/m0/s1. The molecule has 0 saturated heterocycles. The van der Waals surface area contributed by atoms with Gasteiger partial charge < -0.3 is 20.8 Å². The highest BCUT2D eigenvalue weighted by Gasteiger charge is 2.22. The molecule has 1 aromatic rings. The van der Waals surface area contributed by atoms with Gasteiger partial charge in [-0.15, -0.1) is 0 Å². The molecule has 0 aromatic heterocycles. The molecule has 1 atom stereocenters. The van der Waals surface area contributed by atoms with E-state index in [1.807, 2.05) is 31.2 Å². The average Bonchev–Trinajstić information content (AvgIpc) is 2.37. The molecule has 114 valence electrons. The number of amides is 2. The Balaban J connectivity index is 2.39. The molecule has 0 aliphatic rings. The minimum atomic E-state index is -1.44. The van der Waals surface area contributed by atoms with Crippen LogP contribution in [0.4, 0.5) is 4.79 Å². The fourth-order valence-corrected chi connectivity index (χ4v) is 1.77. The molecule has 0 saturated carbocycles. The van der Waals surface area contributed by atoms with Gasteiger partial charge in [0.2, 0.25) is 0 Å². The lowest BCUT2D eigenvalue weighted by Crippen LogP contribution is -2.47. The van der Waals surface area contributed by atoms with Crippen molar-refractivity contribution < 1.29 is 24.6 Å². The maximum absolute atomic E-state index is 11.5. The first-order valence-electron chi connectivity index (χ1n) is 6.43. The van der Waals surface area contributed by atoms with Crippen molar-refractivity contribution in [1.29, 1.82) is 0 Å². The van der Waals surface area contributed by atoms with E-state index in [1.165, 1.54) is 0 Å². The normalized spacial score (nSPS) is 11.5. The van der Waals surface area contributed by atoms with Crippen LogP contribution in [0.1, 0.15) is 17.5 Å². The number of aryl methyl sites for hydroxylation is 1. The highest BCUT2D eigenvalue weighted by Crippen LogP contribution is 2.03. The molecule has 7 nitrogen and oxygen atoms in total. The summed E-state index contributed by atoms with van der Waals surface area (Å²) in [4.78, 5) is 32.8. The lowest BCUT2D eigenvalue weighted by molar-refractivity contribution is -0.145. The Kier molecular flexibility index (Phi) is 6.19. The number of hydrogen-bond donors (Lipinski definition) is 4. The van der Waals surface area contributed by atoms with E-state index in [0.29, 0.717) is 13.0 Å². The van der Waals surface area contributed by atoms with Crippen molar-refractivity contribution in [3.8, 4) is 0 Å². The first-order valence-corrected chi connectivity index (χ1v) is 6.43. The Hall–Kier alpha value is -2.57. The maximum Gasteiger partial charge on any atom is 0.326 e. The number of carbonyl (C=O) groups is 3. The summed E-state index contributed by atoms with van der Waals surface area (Å²) in [6.45, 7) is 2.29. The molecule has 0 spiro atoms. The number of rotatable bonds is 7. The van der Waals surface area contributed by atoms with Crippen molar-refractivity contribution in [2.45, 2.75) is 25.8 Å². The zero-order valence-corrected chi connectivity index (χ0v) is 11.6. The summed E-state index contributed by atoms with van der Waals surface area (Å²) < 4.78 is 0. The summed E-state index contributed by atoms with van der Waals surface area (Å²) in [6, 6.07) is 5.66. The van der Waals surface area contributed by atoms with E-state index in [4.69, 9.17) is 10.2 Å². The molecule has 0 aliphatic carbocycles. The van der Waals surface area contributed by atoms with E-state index in [1.54, 1.807) is 0 Å². The molecule has 0 heterocycles.